The Balaban J connectivity index is 2.44. The number of aromatic nitrogens is 1. The van der Waals surface area contributed by atoms with Gasteiger partial charge in [0, 0.05) is 5.33 Å². The first-order valence-corrected chi connectivity index (χ1v) is 7.56. The lowest BCUT2D eigenvalue weighted by atomic mass is 10.1. The fourth-order valence-electron chi connectivity index (χ4n) is 1.76. The summed E-state index contributed by atoms with van der Waals surface area (Å²) < 4.78 is 5.07. The fraction of sp³-hybridized carbons (Fsp3) is 0.357. The SMILES string of the molecule is CC(C)(C)ON(C(=O)O)C(=O)c1noc2ccc(CBr)cc12. The maximum absolute atomic E-state index is 12.4. The molecule has 22 heavy (non-hydrogen) atoms. The van der Waals surface area contributed by atoms with Gasteiger partial charge in [-0.25, -0.2) is 4.79 Å². The van der Waals surface area contributed by atoms with Gasteiger partial charge in [0.15, 0.2) is 11.3 Å². The van der Waals surface area contributed by atoms with Gasteiger partial charge in [0.25, 0.3) is 0 Å². The molecule has 2 amide bonds. The third-order valence-electron chi connectivity index (χ3n) is 2.61. The smallest absolute Gasteiger partial charge is 0.439 e. The number of carbonyl (C=O) groups excluding carboxylic acids is 1. The first kappa shape index (κ1) is 16.4. The van der Waals surface area contributed by atoms with Crippen molar-refractivity contribution in [3.63, 3.8) is 0 Å². The van der Waals surface area contributed by atoms with E-state index in [1.165, 1.54) is 0 Å². The number of hydroxylamine groups is 2. The number of rotatable bonds is 3. The minimum atomic E-state index is -1.52. The van der Waals surface area contributed by atoms with E-state index in [1.807, 2.05) is 6.07 Å². The molecular weight excluding hydrogens is 356 g/mol. The summed E-state index contributed by atoms with van der Waals surface area (Å²) in [4.78, 5) is 28.9. The van der Waals surface area contributed by atoms with Crippen molar-refractivity contribution < 1.29 is 24.1 Å². The zero-order chi connectivity index (χ0) is 16.5. The Morgan fingerprint density at radius 3 is 2.64 bits per heavy atom. The predicted molar refractivity (Wildman–Crippen MR) is 81.7 cm³/mol. The van der Waals surface area contributed by atoms with Crippen molar-refractivity contribution in [3.05, 3.63) is 29.5 Å². The van der Waals surface area contributed by atoms with Gasteiger partial charge in [0.05, 0.1) is 11.0 Å². The molecule has 118 valence electrons. The predicted octanol–water partition coefficient (Wildman–Crippen LogP) is 3.57. The largest absolute Gasteiger partial charge is 0.463 e. The van der Waals surface area contributed by atoms with Crippen molar-refractivity contribution in [2.45, 2.75) is 31.7 Å². The van der Waals surface area contributed by atoms with Crippen LogP contribution in [0.3, 0.4) is 0 Å². The number of hydrogen-bond acceptors (Lipinski definition) is 5. The molecule has 0 aliphatic heterocycles. The van der Waals surface area contributed by atoms with E-state index in [1.54, 1.807) is 32.9 Å². The Morgan fingerprint density at radius 2 is 2.09 bits per heavy atom. The molecule has 2 aromatic rings. The normalized spacial score (nSPS) is 11.6. The van der Waals surface area contributed by atoms with Gasteiger partial charge in [-0.1, -0.05) is 27.2 Å². The van der Waals surface area contributed by atoms with Crippen LogP contribution in [0.1, 0.15) is 36.8 Å². The Hall–Kier alpha value is -1.93. The molecule has 0 fully saturated rings. The summed E-state index contributed by atoms with van der Waals surface area (Å²) in [5.74, 6) is -0.895. The van der Waals surface area contributed by atoms with Crippen LogP contribution in [0.15, 0.2) is 22.7 Å². The Bertz CT molecular complexity index is 720. The molecule has 0 saturated carbocycles. The summed E-state index contributed by atoms with van der Waals surface area (Å²) in [6, 6.07) is 5.20. The topological polar surface area (TPSA) is 92.9 Å². The first-order valence-electron chi connectivity index (χ1n) is 6.43. The minimum absolute atomic E-state index is 0.107. The molecule has 2 rings (SSSR count). The second-order valence-corrected chi connectivity index (χ2v) is 6.14. The summed E-state index contributed by atoms with van der Waals surface area (Å²) in [7, 11) is 0. The van der Waals surface area contributed by atoms with Crippen LogP contribution in [-0.4, -0.2) is 32.9 Å². The molecule has 1 N–H and O–H groups in total. The van der Waals surface area contributed by atoms with Crippen molar-refractivity contribution in [3.8, 4) is 0 Å². The quantitative estimate of drug-likeness (QED) is 0.655. The lowest BCUT2D eigenvalue weighted by Gasteiger charge is -2.25. The van der Waals surface area contributed by atoms with E-state index < -0.39 is 17.6 Å². The number of carboxylic acid groups (broad SMARTS) is 1. The van der Waals surface area contributed by atoms with Gasteiger partial charge < -0.3 is 9.63 Å². The molecule has 0 spiro atoms. The second kappa shape index (κ2) is 6.05. The Labute approximate surface area is 134 Å². The number of alkyl halides is 1. The highest BCUT2D eigenvalue weighted by molar-refractivity contribution is 9.08. The van der Waals surface area contributed by atoms with Crippen molar-refractivity contribution in [1.82, 2.24) is 10.2 Å². The number of amides is 2. The molecule has 8 heteroatoms. The Morgan fingerprint density at radius 1 is 1.41 bits per heavy atom. The van der Waals surface area contributed by atoms with Crippen LogP contribution in [0.2, 0.25) is 0 Å². The molecule has 0 bridgehead atoms. The summed E-state index contributed by atoms with van der Waals surface area (Å²) in [6.45, 7) is 4.92. The maximum atomic E-state index is 12.4. The third kappa shape index (κ3) is 3.45. The monoisotopic (exact) mass is 370 g/mol. The molecular formula is C14H15BrN2O5. The Kier molecular flexibility index (Phi) is 4.52. The zero-order valence-corrected chi connectivity index (χ0v) is 13.9. The molecule has 0 aliphatic rings. The van der Waals surface area contributed by atoms with Crippen LogP contribution in [0.5, 0.6) is 0 Å². The molecule has 0 unspecified atom stereocenters. The first-order chi connectivity index (χ1) is 10.2. The molecule has 0 saturated heterocycles. The number of carbonyl (C=O) groups is 2. The lowest BCUT2D eigenvalue weighted by molar-refractivity contribution is -0.173. The fourth-order valence-corrected chi connectivity index (χ4v) is 2.11. The average Bonchev–Trinajstić information content (AvgIpc) is 2.85. The summed E-state index contributed by atoms with van der Waals surface area (Å²) in [6.07, 6.45) is -1.52. The van der Waals surface area contributed by atoms with Crippen LogP contribution >= 0.6 is 15.9 Å². The number of nitrogens with zero attached hydrogens (tertiary/aromatic N) is 2. The number of fused-ring (bicyclic) bond motifs is 1. The van der Waals surface area contributed by atoms with E-state index in [-0.39, 0.29) is 10.8 Å². The van der Waals surface area contributed by atoms with Crippen LogP contribution in [0.25, 0.3) is 11.0 Å². The highest BCUT2D eigenvalue weighted by Crippen LogP contribution is 2.23. The highest BCUT2D eigenvalue weighted by Gasteiger charge is 2.32. The van der Waals surface area contributed by atoms with E-state index in [0.29, 0.717) is 16.3 Å². The molecule has 0 atom stereocenters. The number of halogens is 1. The van der Waals surface area contributed by atoms with Gasteiger partial charge in [-0.3, -0.25) is 9.63 Å². The zero-order valence-electron chi connectivity index (χ0n) is 12.3. The molecule has 7 nitrogen and oxygen atoms in total. The molecule has 1 aromatic carbocycles. The number of hydrogen-bond donors (Lipinski definition) is 1. The third-order valence-corrected chi connectivity index (χ3v) is 3.26. The van der Waals surface area contributed by atoms with Crippen molar-refractivity contribution >= 4 is 38.9 Å². The molecule has 0 aliphatic carbocycles. The van der Waals surface area contributed by atoms with Gasteiger partial charge in [-0.15, -0.1) is 5.06 Å². The van der Waals surface area contributed by atoms with Crippen LogP contribution in [0, 0.1) is 0 Å². The van der Waals surface area contributed by atoms with Gasteiger partial charge >= 0.3 is 12.0 Å². The standard InChI is InChI=1S/C14H15BrN2O5/c1-14(2,3)22-17(13(19)20)12(18)11-9-6-8(7-15)4-5-10(9)21-16-11/h4-6H,7H2,1-3H3,(H,19,20). The van der Waals surface area contributed by atoms with E-state index in [9.17, 15) is 14.7 Å². The molecule has 1 heterocycles. The summed E-state index contributed by atoms with van der Waals surface area (Å²) in [5.41, 5.74) is 0.344. The van der Waals surface area contributed by atoms with Crippen molar-refractivity contribution in [2.75, 3.05) is 0 Å². The van der Waals surface area contributed by atoms with Crippen LogP contribution in [0.4, 0.5) is 4.79 Å². The van der Waals surface area contributed by atoms with E-state index in [0.717, 1.165) is 5.56 Å². The van der Waals surface area contributed by atoms with Gasteiger partial charge in [0.1, 0.15) is 0 Å². The lowest BCUT2D eigenvalue weighted by Crippen LogP contribution is -2.42. The second-order valence-electron chi connectivity index (χ2n) is 5.58. The average molecular weight is 371 g/mol. The van der Waals surface area contributed by atoms with Gasteiger partial charge in [0.2, 0.25) is 0 Å². The maximum Gasteiger partial charge on any atom is 0.439 e. The van der Waals surface area contributed by atoms with Crippen LogP contribution in [-0.2, 0) is 10.2 Å². The highest BCUT2D eigenvalue weighted by atomic mass is 79.9. The van der Waals surface area contributed by atoms with Crippen LogP contribution < -0.4 is 0 Å². The van der Waals surface area contributed by atoms with E-state index >= 15 is 0 Å². The minimum Gasteiger partial charge on any atom is -0.463 e. The van der Waals surface area contributed by atoms with Crippen molar-refractivity contribution in [1.29, 1.82) is 0 Å². The summed E-state index contributed by atoms with van der Waals surface area (Å²) in [5, 5.41) is 14.2. The summed E-state index contributed by atoms with van der Waals surface area (Å²) >= 11 is 3.32. The van der Waals surface area contributed by atoms with E-state index in [4.69, 9.17) is 9.36 Å². The van der Waals surface area contributed by atoms with Gasteiger partial charge in [-0.05, 0) is 38.5 Å². The molecule has 0 radical (unpaired) electrons. The number of benzene rings is 1. The number of imide groups is 1. The van der Waals surface area contributed by atoms with Gasteiger partial charge in [-0.2, -0.15) is 0 Å². The molecule has 1 aromatic heterocycles. The van der Waals surface area contributed by atoms with E-state index in [2.05, 4.69) is 21.1 Å². The van der Waals surface area contributed by atoms with Crippen molar-refractivity contribution in [2.24, 2.45) is 0 Å².